The molecular weight excluding hydrogens is 246 g/mol. The van der Waals surface area contributed by atoms with Crippen molar-refractivity contribution in [2.45, 2.75) is 19.8 Å². The van der Waals surface area contributed by atoms with Gasteiger partial charge in [-0.2, -0.15) is 0 Å². The fraction of sp³-hybridized carbons (Fsp3) is 0.571. The minimum atomic E-state index is -0.654. The molecule has 0 spiro atoms. The van der Waals surface area contributed by atoms with Crippen LogP contribution < -0.4 is 10.1 Å². The number of benzene rings is 1. The van der Waals surface area contributed by atoms with Crippen LogP contribution in [0.3, 0.4) is 0 Å². The van der Waals surface area contributed by atoms with Crippen molar-refractivity contribution in [2.24, 2.45) is 0 Å². The van der Waals surface area contributed by atoms with Gasteiger partial charge >= 0.3 is 0 Å². The molecule has 0 amide bonds. The predicted octanol–water partition coefficient (Wildman–Crippen LogP) is 1.52. The van der Waals surface area contributed by atoms with Crippen LogP contribution in [0.2, 0.25) is 0 Å². The lowest BCUT2D eigenvalue weighted by atomic mass is 10.1. The van der Waals surface area contributed by atoms with Gasteiger partial charge in [-0.05, 0) is 30.2 Å². The maximum absolute atomic E-state index is 11.2. The summed E-state index contributed by atoms with van der Waals surface area (Å²) in [5.74, 6) is 2.56. The highest BCUT2D eigenvalue weighted by atomic mass is 32.2. The average molecular weight is 267 g/mol. The smallest absolute Gasteiger partial charge is 0.122 e. The molecule has 4 heteroatoms. The van der Waals surface area contributed by atoms with Gasteiger partial charge in [0.05, 0.1) is 6.61 Å². The van der Waals surface area contributed by atoms with E-state index in [4.69, 9.17) is 4.74 Å². The maximum atomic E-state index is 11.2. The Hall–Kier alpha value is -0.870. The van der Waals surface area contributed by atoms with Crippen molar-refractivity contribution in [1.29, 1.82) is 0 Å². The topological polar surface area (TPSA) is 38.3 Å². The van der Waals surface area contributed by atoms with Crippen LogP contribution in [0.25, 0.3) is 0 Å². The monoisotopic (exact) mass is 267 g/mol. The Morgan fingerprint density at radius 2 is 2.28 bits per heavy atom. The van der Waals surface area contributed by atoms with E-state index < -0.39 is 10.8 Å². The summed E-state index contributed by atoms with van der Waals surface area (Å²) in [7, 11) is -0.654. The molecule has 1 aromatic rings. The van der Waals surface area contributed by atoms with Crippen molar-refractivity contribution in [3.05, 3.63) is 29.3 Å². The van der Waals surface area contributed by atoms with Crippen LogP contribution >= 0.6 is 0 Å². The summed E-state index contributed by atoms with van der Waals surface area (Å²) in [6, 6.07) is 6.45. The lowest BCUT2D eigenvalue weighted by Gasteiger charge is -2.06. The van der Waals surface area contributed by atoms with Crippen molar-refractivity contribution in [3.63, 3.8) is 0 Å². The summed E-state index contributed by atoms with van der Waals surface area (Å²) < 4.78 is 16.7. The van der Waals surface area contributed by atoms with Crippen LogP contribution in [0.1, 0.15) is 18.1 Å². The van der Waals surface area contributed by atoms with Gasteiger partial charge in [0.2, 0.25) is 0 Å². The molecule has 100 valence electrons. The molecule has 0 fully saturated rings. The van der Waals surface area contributed by atoms with Gasteiger partial charge in [0.15, 0.2) is 0 Å². The predicted molar refractivity (Wildman–Crippen MR) is 75.8 cm³/mol. The number of nitrogens with one attached hydrogen (secondary N) is 1. The van der Waals surface area contributed by atoms with E-state index in [1.54, 1.807) is 0 Å². The quantitative estimate of drug-likeness (QED) is 0.761. The molecule has 3 nitrogen and oxygen atoms in total. The number of rotatable bonds is 7. The fourth-order valence-corrected chi connectivity index (χ4v) is 2.74. The molecule has 1 unspecified atom stereocenters. The van der Waals surface area contributed by atoms with Crippen LogP contribution in [-0.2, 0) is 23.6 Å². The Kier molecular flexibility index (Phi) is 5.20. The van der Waals surface area contributed by atoms with Gasteiger partial charge in [0.25, 0.3) is 0 Å². The molecule has 0 aromatic heterocycles. The minimum absolute atomic E-state index is 0.654. The summed E-state index contributed by atoms with van der Waals surface area (Å²) >= 11 is 0. The van der Waals surface area contributed by atoms with E-state index in [9.17, 15) is 4.21 Å². The van der Waals surface area contributed by atoms with Gasteiger partial charge in [-0.1, -0.05) is 19.1 Å². The highest BCUT2D eigenvalue weighted by Gasteiger charge is 2.11. The first-order chi connectivity index (χ1) is 8.79. The highest BCUT2D eigenvalue weighted by molar-refractivity contribution is 7.84. The van der Waals surface area contributed by atoms with Gasteiger partial charge in [-0.15, -0.1) is 0 Å². The average Bonchev–Trinajstić information content (AvgIpc) is 2.85. The molecular formula is C14H21NO2S. The lowest BCUT2D eigenvalue weighted by Crippen LogP contribution is -2.23. The van der Waals surface area contributed by atoms with Crippen LogP contribution in [0.4, 0.5) is 0 Å². The molecule has 1 heterocycles. The minimum Gasteiger partial charge on any atom is -0.493 e. The van der Waals surface area contributed by atoms with Gasteiger partial charge in [-0.3, -0.25) is 4.21 Å². The zero-order valence-corrected chi connectivity index (χ0v) is 11.7. The van der Waals surface area contributed by atoms with Gasteiger partial charge in [0, 0.05) is 35.3 Å². The van der Waals surface area contributed by atoms with Gasteiger partial charge in [-0.25, -0.2) is 0 Å². The Morgan fingerprint density at radius 3 is 3.11 bits per heavy atom. The fourth-order valence-electron chi connectivity index (χ4n) is 2.08. The second kappa shape index (κ2) is 6.90. The largest absolute Gasteiger partial charge is 0.493 e. The molecule has 18 heavy (non-hydrogen) atoms. The molecule has 1 aliphatic heterocycles. The molecule has 0 saturated heterocycles. The molecule has 1 aromatic carbocycles. The number of hydrogen-bond donors (Lipinski definition) is 1. The Labute approximate surface area is 111 Å². The van der Waals surface area contributed by atoms with E-state index in [1.165, 1.54) is 11.1 Å². The third-order valence-corrected chi connectivity index (χ3v) is 4.48. The van der Waals surface area contributed by atoms with E-state index in [-0.39, 0.29) is 0 Å². The van der Waals surface area contributed by atoms with Crippen molar-refractivity contribution in [3.8, 4) is 5.75 Å². The first kappa shape index (κ1) is 13.6. The van der Waals surface area contributed by atoms with Crippen molar-refractivity contribution in [1.82, 2.24) is 5.32 Å². The molecule has 0 radical (unpaired) electrons. The van der Waals surface area contributed by atoms with E-state index in [2.05, 4.69) is 23.5 Å². The normalized spacial score (nSPS) is 15.2. The summed E-state index contributed by atoms with van der Waals surface area (Å²) in [5, 5.41) is 3.34. The molecule has 1 N–H and O–H groups in total. The van der Waals surface area contributed by atoms with E-state index in [0.717, 1.165) is 49.8 Å². The van der Waals surface area contributed by atoms with Crippen molar-refractivity contribution >= 4 is 10.8 Å². The van der Waals surface area contributed by atoms with Crippen LogP contribution in [0.15, 0.2) is 18.2 Å². The van der Waals surface area contributed by atoms with Gasteiger partial charge < -0.3 is 10.1 Å². The summed E-state index contributed by atoms with van der Waals surface area (Å²) in [6.07, 6.45) is 2.05. The second-order valence-corrected chi connectivity index (χ2v) is 6.34. The number of fused-ring (bicyclic) bond motifs is 1. The zero-order valence-electron chi connectivity index (χ0n) is 10.9. The lowest BCUT2D eigenvalue weighted by molar-refractivity contribution is 0.357. The van der Waals surface area contributed by atoms with Crippen molar-refractivity contribution < 1.29 is 8.95 Å². The molecule has 1 atom stereocenters. The molecule has 2 rings (SSSR count). The first-order valence-electron chi connectivity index (χ1n) is 6.60. The Bertz CT molecular complexity index is 420. The Balaban J connectivity index is 1.69. The van der Waals surface area contributed by atoms with Gasteiger partial charge in [0.1, 0.15) is 5.75 Å². The second-order valence-electron chi connectivity index (χ2n) is 4.47. The van der Waals surface area contributed by atoms with Crippen LogP contribution in [0, 0.1) is 0 Å². The van der Waals surface area contributed by atoms with Crippen molar-refractivity contribution in [2.75, 3.05) is 31.2 Å². The summed E-state index contributed by atoms with van der Waals surface area (Å²) in [4.78, 5) is 0. The SMILES string of the molecule is CCS(=O)CCNCCc1ccc2c(c1)CCO2. The zero-order chi connectivity index (χ0) is 12.8. The Morgan fingerprint density at radius 1 is 1.39 bits per heavy atom. The highest BCUT2D eigenvalue weighted by Crippen LogP contribution is 2.25. The third kappa shape index (κ3) is 3.82. The summed E-state index contributed by atoms with van der Waals surface area (Å²) in [5.41, 5.74) is 2.68. The maximum Gasteiger partial charge on any atom is 0.122 e. The number of ether oxygens (including phenoxy) is 1. The molecule has 0 aliphatic carbocycles. The molecule has 0 bridgehead atoms. The standard InChI is InChI=1S/C14H21NO2S/c1-2-18(16)10-8-15-7-5-12-3-4-14-13(11-12)6-9-17-14/h3-4,11,15H,2,5-10H2,1H3. The van der Waals surface area contributed by atoms with Crippen LogP contribution in [-0.4, -0.2) is 35.4 Å². The van der Waals surface area contributed by atoms with E-state index in [1.807, 2.05) is 6.92 Å². The van der Waals surface area contributed by atoms with E-state index in [0.29, 0.717) is 0 Å². The van der Waals surface area contributed by atoms with E-state index >= 15 is 0 Å². The molecule has 1 aliphatic rings. The summed E-state index contributed by atoms with van der Waals surface area (Å²) in [6.45, 7) is 4.57. The number of hydrogen-bond acceptors (Lipinski definition) is 3. The van der Waals surface area contributed by atoms with Crippen LogP contribution in [0.5, 0.6) is 5.75 Å². The first-order valence-corrected chi connectivity index (χ1v) is 8.08. The third-order valence-electron chi connectivity index (χ3n) is 3.17. The molecule has 0 saturated carbocycles.